The molecular weight excluding hydrogens is 837 g/mol. The summed E-state index contributed by atoms with van der Waals surface area (Å²) in [5.41, 5.74) is 10.2. The first-order chi connectivity index (χ1) is 28.4. The SMILES string of the molecule is C/C(=C\C(=C/C=[N-])c1ccc(C2CC3CCC2C3)cc1)c1[c-]ccc2c1oc1ccccc12.[2H]C([2H])([2H])c1ccc(-c2[c-]cc(C([2H])([2H])[2H])c(-c3ccccc3)c2)nc1.[Ir+3]. The molecule has 2 saturated carbocycles. The van der Waals surface area contributed by atoms with Gasteiger partial charge in [0.05, 0.1) is 0 Å². The summed E-state index contributed by atoms with van der Waals surface area (Å²) in [4.78, 5) is 4.21. The van der Waals surface area contributed by atoms with E-state index in [9.17, 15) is 5.41 Å². The first-order valence-corrected chi connectivity index (χ1v) is 18.2. The molecule has 7 aromatic rings. The molecule has 2 fully saturated rings. The molecule has 5 aromatic carbocycles. The van der Waals surface area contributed by atoms with Gasteiger partial charge in [-0.1, -0.05) is 128 Å². The molecule has 4 heteroatoms. The number of furan rings is 1. The van der Waals surface area contributed by atoms with Crippen LogP contribution in [0.5, 0.6) is 0 Å². The molecule has 3 nitrogen and oxygen atoms in total. The van der Waals surface area contributed by atoms with Gasteiger partial charge in [0.1, 0.15) is 5.58 Å². The molecule has 0 amide bonds. The van der Waals surface area contributed by atoms with E-state index >= 15 is 0 Å². The van der Waals surface area contributed by atoms with Gasteiger partial charge in [0.25, 0.3) is 0 Å². The van der Waals surface area contributed by atoms with Crippen LogP contribution in [0.2, 0.25) is 0 Å². The molecule has 2 bridgehead atoms. The van der Waals surface area contributed by atoms with E-state index in [0.717, 1.165) is 73.7 Å². The summed E-state index contributed by atoms with van der Waals surface area (Å²) >= 11 is 0. The normalized spacial score (nSPS) is 20.1. The number of allylic oxidation sites excluding steroid dienone is 4. The molecule has 0 spiro atoms. The van der Waals surface area contributed by atoms with E-state index < -0.39 is 13.7 Å². The zero-order chi connectivity index (χ0) is 41.3. The number of pyridine rings is 1. The number of hydrogen-bond donors (Lipinski definition) is 0. The molecule has 268 valence electrons. The molecule has 9 rings (SSSR count). The van der Waals surface area contributed by atoms with Crippen LogP contribution in [-0.4, -0.2) is 11.2 Å². The van der Waals surface area contributed by atoms with Crippen LogP contribution in [0.15, 0.2) is 138 Å². The number of rotatable bonds is 7. The van der Waals surface area contributed by atoms with E-state index in [1.54, 1.807) is 18.2 Å². The Bertz CT molecular complexity index is 2680. The van der Waals surface area contributed by atoms with Crippen molar-refractivity contribution in [1.82, 2.24) is 4.98 Å². The van der Waals surface area contributed by atoms with Gasteiger partial charge in [0, 0.05) is 25.4 Å². The molecule has 3 atom stereocenters. The van der Waals surface area contributed by atoms with E-state index in [1.165, 1.54) is 49.6 Å². The molecule has 3 unspecified atom stereocenters. The summed E-state index contributed by atoms with van der Waals surface area (Å²) in [6.07, 6.45) is 11.9. The van der Waals surface area contributed by atoms with Crippen LogP contribution < -0.4 is 0 Å². The maximum absolute atomic E-state index is 9.59. The Labute approximate surface area is 341 Å². The fourth-order valence-corrected chi connectivity index (χ4v) is 8.22. The summed E-state index contributed by atoms with van der Waals surface area (Å²) in [7, 11) is 0. The molecule has 2 aromatic heterocycles. The van der Waals surface area contributed by atoms with E-state index in [0.29, 0.717) is 16.8 Å². The molecule has 0 radical (unpaired) electrons. The van der Waals surface area contributed by atoms with E-state index in [-0.39, 0.29) is 31.2 Å². The van der Waals surface area contributed by atoms with Gasteiger partial charge in [-0.2, -0.15) is 6.21 Å². The quantitative estimate of drug-likeness (QED) is 0.0909. The summed E-state index contributed by atoms with van der Waals surface area (Å²) in [6, 6.07) is 43.0. The van der Waals surface area contributed by atoms with Crippen LogP contribution >= 0.6 is 0 Å². The van der Waals surface area contributed by atoms with Gasteiger partial charge >= 0.3 is 20.1 Å². The average molecular weight is 886 g/mol. The fourth-order valence-electron chi connectivity index (χ4n) is 8.22. The largest absolute Gasteiger partial charge is 3.00 e. The number of hydrogen-bond acceptors (Lipinski definition) is 2. The standard InChI is InChI=1S/C31H27NO.C19H16N.Ir/c1-20(26-6-4-7-28-27-5-2-3-8-30(27)33-31(26)28)17-24(15-16-32)22-11-13-23(14-12-22)29-19-21-9-10-25(29)18-21;1-14-8-11-19(20-13-14)17-10-9-15(2)18(12-17)16-6-4-3-5-7-16;/h2-5,7-8,11-17,21,25,29H,9-10,18-19H2,1H3;3-9,11-13H,1-2H3;/q-2;-1;+3/b20-17+,24-15+;;/i;1D3,2D3;. The van der Waals surface area contributed by atoms with Crippen LogP contribution in [0.1, 0.15) is 74.6 Å². The van der Waals surface area contributed by atoms with Crippen molar-refractivity contribution in [2.45, 2.75) is 52.2 Å². The first kappa shape index (κ1) is 30.2. The number of aryl methyl sites for hydroxylation is 2. The summed E-state index contributed by atoms with van der Waals surface area (Å²) in [5.74, 6) is 2.55. The minimum atomic E-state index is -2.27. The topological polar surface area (TPSA) is 48.3 Å². The molecule has 0 N–H and O–H groups in total. The minimum Gasteiger partial charge on any atom is -0.811 e. The van der Waals surface area contributed by atoms with Crippen LogP contribution in [0.25, 0.3) is 60.9 Å². The second-order valence-electron chi connectivity index (χ2n) is 14.2. The zero-order valence-electron chi connectivity index (χ0n) is 36.0. The number of benzene rings is 5. The Hall–Kier alpha value is -5.15. The van der Waals surface area contributed by atoms with Gasteiger partial charge in [-0.05, 0) is 83.5 Å². The van der Waals surface area contributed by atoms with E-state index in [4.69, 9.17) is 12.6 Å². The number of nitrogens with zero attached hydrogens (tertiary/aromatic N) is 2. The number of para-hydroxylation sites is 1. The van der Waals surface area contributed by atoms with Crippen LogP contribution in [0.4, 0.5) is 0 Å². The predicted molar refractivity (Wildman–Crippen MR) is 222 cm³/mol. The van der Waals surface area contributed by atoms with Gasteiger partial charge in [0.2, 0.25) is 0 Å². The molecule has 54 heavy (non-hydrogen) atoms. The second-order valence-corrected chi connectivity index (χ2v) is 14.2. The monoisotopic (exact) mass is 886 g/mol. The maximum Gasteiger partial charge on any atom is 3.00 e. The molecule has 0 aliphatic heterocycles. The van der Waals surface area contributed by atoms with Gasteiger partial charge in [0.15, 0.2) is 0 Å². The van der Waals surface area contributed by atoms with Crippen molar-refractivity contribution in [2.24, 2.45) is 11.8 Å². The van der Waals surface area contributed by atoms with Crippen LogP contribution in [0.3, 0.4) is 0 Å². The Morgan fingerprint density at radius 1 is 0.889 bits per heavy atom. The average Bonchev–Trinajstić information content (AvgIpc) is 3.99. The molecule has 2 aliphatic rings. The van der Waals surface area contributed by atoms with Gasteiger partial charge in [-0.15, -0.1) is 58.7 Å². The van der Waals surface area contributed by atoms with Gasteiger partial charge in [-0.25, -0.2) is 0 Å². The van der Waals surface area contributed by atoms with Crippen molar-refractivity contribution >= 4 is 39.3 Å². The molecule has 0 saturated heterocycles. The van der Waals surface area contributed by atoms with Gasteiger partial charge in [-0.3, -0.25) is 0 Å². The minimum absolute atomic E-state index is 0. The number of aromatic nitrogens is 1. The van der Waals surface area contributed by atoms with Crippen molar-refractivity contribution in [3.8, 4) is 22.4 Å². The smallest absolute Gasteiger partial charge is 0.811 e. The predicted octanol–water partition coefficient (Wildman–Crippen LogP) is 13.2. The molecular formula is C50H43IrN2O. The van der Waals surface area contributed by atoms with E-state index in [2.05, 4.69) is 66.5 Å². The second kappa shape index (κ2) is 16.5. The third-order valence-electron chi connectivity index (χ3n) is 10.8. The Morgan fingerprint density at radius 2 is 1.72 bits per heavy atom. The Kier molecular flexibility index (Phi) is 9.21. The third-order valence-corrected chi connectivity index (χ3v) is 10.8. The van der Waals surface area contributed by atoms with Crippen molar-refractivity contribution in [3.63, 3.8) is 0 Å². The van der Waals surface area contributed by atoms with Crippen molar-refractivity contribution in [2.75, 3.05) is 0 Å². The van der Waals surface area contributed by atoms with E-state index in [1.807, 2.05) is 54.6 Å². The Balaban J connectivity index is 0.000000184. The molecule has 2 heterocycles. The van der Waals surface area contributed by atoms with Crippen molar-refractivity contribution < 1.29 is 32.7 Å². The first-order valence-electron chi connectivity index (χ1n) is 21.2. The summed E-state index contributed by atoms with van der Waals surface area (Å²) in [6.45, 7) is -2.40. The van der Waals surface area contributed by atoms with Crippen molar-refractivity contribution in [1.29, 1.82) is 0 Å². The number of fused-ring (bicyclic) bond motifs is 5. The van der Waals surface area contributed by atoms with Crippen LogP contribution in [-0.2, 0) is 20.1 Å². The zero-order valence-corrected chi connectivity index (χ0v) is 32.4. The fraction of sp³-hybridized carbons (Fsp3) is 0.200. The molecule has 2 aliphatic carbocycles. The van der Waals surface area contributed by atoms with Crippen molar-refractivity contribution in [3.05, 3.63) is 179 Å². The van der Waals surface area contributed by atoms with Gasteiger partial charge < -0.3 is 14.8 Å². The summed E-state index contributed by atoms with van der Waals surface area (Å²) in [5, 5.41) is 11.8. The maximum atomic E-state index is 9.59. The Morgan fingerprint density at radius 3 is 2.44 bits per heavy atom. The van der Waals surface area contributed by atoms with Crippen LogP contribution in [0, 0.1) is 37.7 Å². The summed E-state index contributed by atoms with van der Waals surface area (Å²) < 4.78 is 51.8. The third kappa shape index (κ3) is 7.73.